The maximum Gasteiger partial charge on any atom is 0.235 e. The molecule has 0 amide bonds. The number of carbonyl (C=O) groups excluding carboxylic acids is 1. The summed E-state index contributed by atoms with van der Waals surface area (Å²) in [7, 11) is -3.45. The van der Waals surface area contributed by atoms with Crippen LogP contribution in [0, 0.1) is 5.82 Å². The molecule has 0 bridgehead atoms. The summed E-state index contributed by atoms with van der Waals surface area (Å²) in [5.41, 5.74) is 0.318. The zero-order chi connectivity index (χ0) is 11.5. The summed E-state index contributed by atoms with van der Waals surface area (Å²) in [6.45, 7) is -0.0796. The Morgan fingerprint density at radius 1 is 1.40 bits per heavy atom. The second-order valence-electron chi connectivity index (χ2n) is 2.97. The van der Waals surface area contributed by atoms with E-state index in [1.807, 2.05) is 0 Å². The first-order valence-corrected chi connectivity index (χ1v) is 5.86. The molecular formula is C9H8FNO3S. The van der Waals surface area contributed by atoms with Crippen molar-refractivity contribution in [2.45, 2.75) is 11.4 Å². The molecule has 15 heavy (non-hydrogen) atoms. The lowest BCUT2D eigenvalue weighted by Gasteiger charge is -2.01. The second kappa shape index (κ2) is 4.33. The van der Waals surface area contributed by atoms with Crippen LogP contribution in [-0.2, 0) is 21.2 Å². The molecule has 0 saturated carbocycles. The third-order valence-corrected chi connectivity index (χ3v) is 2.78. The third-order valence-electron chi connectivity index (χ3n) is 1.69. The summed E-state index contributed by atoms with van der Waals surface area (Å²) in [4.78, 5) is 13.0. The lowest BCUT2D eigenvalue weighted by Crippen LogP contribution is -1.99. The van der Waals surface area contributed by atoms with Crippen LogP contribution in [0.25, 0.3) is 0 Å². The molecule has 6 heteroatoms. The lowest BCUT2D eigenvalue weighted by atomic mass is 10.2. The summed E-state index contributed by atoms with van der Waals surface area (Å²) >= 11 is 0. The number of aliphatic imine (C=N–C) groups is 1. The minimum atomic E-state index is -3.45. The number of sulfone groups is 1. The first-order valence-electron chi connectivity index (χ1n) is 3.96. The fraction of sp³-hybridized carbons (Fsp3) is 0.222. The quantitative estimate of drug-likeness (QED) is 0.575. The smallest absolute Gasteiger partial charge is 0.224 e. The lowest BCUT2D eigenvalue weighted by molar-refractivity contribution is 0.562. The van der Waals surface area contributed by atoms with Gasteiger partial charge in [0.25, 0.3) is 0 Å². The van der Waals surface area contributed by atoms with E-state index >= 15 is 0 Å². The molecule has 0 aliphatic rings. The van der Waals surface area contributed by atoms with E-state index in [1.165, 1.54) is 12.1 Å². The highest BCUT2D eigenvalue weighted by molar-refractivity contribution is 7.90. The van der Waals surface area contributed by atoms with E-state index in [0.717, 1.165) is 18.4 Å². The Balaban J connectivity index is 3.22. The summed E-state index contributed by atoms with van der Waals surface area (Å²) in [5.74, 6) is -0.672. The highest BCUT2D eigenvalue weighted by atomic mass is 32.2. The molecule has 0 aromatic heterocycles. The molecule has 0 radical (unpaired) electrons. The largest absolute Gasteiger partial charge is 0.235 e. The van der Waals surface area contributed by atoms with Crippen molar-refractivity contribution in [3.05, 3.63) is 29.6 Å². The van der Waals surface area contributed by atoms with Gasteiger partial charge in [0.15, 0.2) is 9.84 Å². The molecular weight excluding hydrogens is 221 g/mol. The predicted molar refractivity (Wildman–Crippen MR) is 51.3 cm³/mol. The maximum atomic E-state index is 13.0. The number of nitrogens with zero attached hydrogens (tertiary/aromatic N) is 1. The molecule has 0 fully saturated rings. The Kier molecular flexibility index (Phi) is 3.34. The molecule has 1 rings (SSSR count). The summed E-state index contributed by atoms with van der Waals surface area (Å²) in [5, 5.41) is 0. The van der Waals surface area contributed by atoms with Crippen LogP contribution in [0.5, 0.6) is 0 Å². The molecule has 0 N–H and O–H groups in total. The van der Waals surface area contributed by atoms with Gasteiger partial charge in [0.1, 0.15) is 5.82 Å². The monoisotopic (exact) mass is 229 g/mol. The van der Waals surface area contributed by atoms with E-state index < -0.39 is 15.7 Å². The zero-order valence-corrected chi connectivity index (χ0v) is 8.71. The normalized spacial score (nSPS) is 10.8. The molecule has 80 valence electrons. The third kappa shape index (κ3) is 3.27. The van der Waals surface area contributed by atoms with Crippen LogP contribution in [0.3, 0.4) is 0 Å². The first kappa shape index (κ1) is 11.6. The molecule has 0 heterocycles. The van der Waals surface area contributed by atoms with Gasteiger partial charge in [-0.1, -0.05) is 0 Å². The minimum absolute atomic E-state index is 0.0796. The van der Waals surface area contributed by atoms with Gasteiger partial charge < -0.3 is 0 Å². The van der Waals surface area contributed by atoms with Crippen LogP contribution in [0.4, 0.5) is 4.39 Å². The van der Waals surface area contributed by atoms with E-state index in [0.29, 0.717) is 5.56 Å². The number of hydrogen-bond donors (Lipinski definition) is 0. The van der Waals surface area contributed by atoms with Crippen molar-refractivity contribution >= 4 is 15.9 Å². The van der Waals surface area contributed by atoms with E-state index in [-0.39, 0.29) is 11.4 Å². The van der Waals surface area contributed by atoms with Crippen molar-refractivity contribution in [3.63, 3.8) is 0 Å². The summed E-state index contributed by atoms with van der Waals surface area (Å²) in [6.07, 6.45) is 2.28. The fourth-order valence-corrected chi connectivity index (χ4v) is 1.74. The molecule has 0 atom stereocenters. The van der Waals surface area contributed by atoms with Crippen molar-refractivity contribution in [2.24, 2.45) is 4.99 Å². The van der Waals surface area contributed by atoms with E-state index in [4.69, 9.17) is 0 Å². The number of hydrogen-bond acceptors (Lipinski definition) is 4. The van der Waals surface area contributed by atoms with Gasteiger partial charge in [-0.05, 0) is 23.8 Å². The SMILES string of the molecule is CS(=O)(=O)c1cc(F)cc(CN=C=O)c1. The topological polar surface area (TPSA) is 63.6 Å². The number of rotatable bonds is 3. The van der Waals surface area contributed by atoms with Gasteiger partial charge in [-0.2, -0.15) is 0 Å². The Labute approximate surface area is 86.4 Å². The van der Waals surface area contributed by atoms with Crippen molar-refractivity contribution < 1.29 is 17.6 Å². The molecule has 0 saturated heterocycles. The highest BCUT2D eigenvalue weighted by Gasteiger charge is 2.09. The Morgan fingerprint density at radius 2 is 2.07 bits per heavy atom. The van der Waals surface area contributed by atoms with Crippen LogP contribution < -0.4 is 0 Å². The van der Waals surface area contributed by atoms with Crippen LogP contribution >= 0.6 is 0 Å². The fourth-order valence-electron chi connectivity index (χ4n) is 1.05. The summed E-state index contributed by atoms with van der Waals surface area (Å²) < 4.78 is 35.3. The van der Waals surface area contributed by atoms with Crippen LogP contribution in [0.15, 0.2) is 28.1 Å². The molecule has 0 aliphatic carbocycles. The van der Waals surface area contributed by atoms with Gasteiger partial charge in [-0.3, -0.25) is 0 Å². The van der Waals surface area contributed by atoms with Gasteiger partial charge in [0.05, 0.1) is 11.4 Å². The van der Waals surface area contributed by atoms with E-state index in [2.05, 4.69) is 4.99 Å². The number of benzene rings is 1. The molecule has 4 nitrogen and oxygen atoms in total. The van der Waals surface area contributed by atoms with Crippen molar-refractivity contribution in [1.29, 1.82) is 0 Å². The standard InChI is InChI=1S/C9H8FNO3S/c1-15(13,14)9-3-7(5-11-6-12)2-8(10)4-9/h2-4H,5H2,1H3. The average molecular weight is 229 g/mol. The number of halogens is 1. The first-order chi connectivity index (χ1) is 6.93. The van der Waals surface area contributed by atoms with Crippen molar-refractivity contribution in [3.8, 4) is 0 Å². The molecule has 0 spiro atoms. The van der Waals surface area contributed by atoms with Gasteiger partial charge >= 0.3 is 0 Å². The Hall–Kier alpha value is -1.52. The zero-order valence-electron chi connectivity index (χ0n) is 7.90. The molecule has 1 aromatic rings. The highest BCUT2D eigenvalue weighted by Crippen LogP contribution is 2.14. The Morgan fingerprint density at radius 3 is 2.60 bits per heavy atom. The molecule has 1 aromatic carbocycles. The number of isocyanates is 1. The average Bonchev–Trinajstić information content (AvgIpc) is 2.12. The van der Waals surface area contributed by atoms with Crippen LogP contribution in [0.2, 0.25) is 0 Å². The van der Waals surface area contributed by atoms with Crippen molar-refractivity contribution in [1.82, 2.24) is 0 Å². The van der Waals surface area contributed by atoms with Gasteiger partial charge in [-0.15, -0.1) is 0 Å². The van der Waals surface area contributed by atoms with E-state index in [1.54, 1.807) is 0 Å². The van der Waals surface area contributed by atoms with Gasteiger partial charge in [-0.25, -0.2) is 22.6 Å². The minimum Gasteiger partial charge on any atom is -0.224 e. The molecule has 0 aliphatic heterocycles. The van der Waals surface area contributed by atoms with Crippen LogP contribution in [-0.4, -0.2) is 20.8 Å². The van der Waals surface area contributed by atoms with E-state index in [9.17, 15) is 17.6 Å². The Bertz CT molecular complexity index is 518. The predicted octanol–water partition coefficient (Wildman–Crippen LogP) is 1.07. The molecule has 0 unspecified atom stereocenters. The van der Waals surface area contributed by atoms with Gasteiger partial charge in [0.2, 0.25) is 6.08 Å². The van der Waals surface area contributed by atoms with Gasteiger partial charge in [0, 0.05) is 6.26 Å². The summed E-state index contributed by atoms with van der Waals surface area (Å²) in [6, 6.07) is 3.32. The van der Waals surface area contributed by atoms with Crippen molar-refractivity contribution in [2.75, 3.05) is 6.26 Å². The van der Waals surface area contributed by atoms with Crippen LogP contribution in [0.1, 0.15) is 5.56 Å². The maximum absolute atomic E-state index is 13.0. The second-order valence-corrected chi connectivity index (χ2v) is 4.99.